The van der Waals surface area contributed by atoms with Gasteiger partial charge in [-0.25, -0.2) is 0 Å². The lowest BCUT2D eigenvalue weighted by Crippen LogP contribution is -2.18. The third-order valence-corrected chi connectivity index (χ3v) is 3.93. The minimum Gasteiger partial charge on any atom is -0.469 e. The fraction of sp³-hybridized carbons (Fsp3) is 0.222. The number of ketones is 1. The highest BCUT2D eigenvalue weighted by Crippen LogP contribution is 2.30. The highest BCUT2D eigenvalue weighted by Gasteiger charge is 2.30. The van der Waals surface area contributed by atoms with E-state index in [9.17, 15) is 22.8 Å². The number of hydrogen-bond donors (Lipinski definition) is 0. The Morgan fingerprint density at radius 2 is 1.60 bits per heavy atom. The number of hydrogen-bond acceptors (Lipinski definition) is 3. The maximum atomic E-state index is 12.6. The lowest BCUT2D eigenvalue weighted by Gasteiger charge is -2.15. The minimum atomic E-state index is -4.47. The van der Waals surface area contributed by atoms with Crippen LogP contribution in [0.4, 0.5) is 13.2 Å². The van der Waals surface area contributed by atoms with Crippen LogP contribution in [0.5, 0.6) is 0 Å². The van der Waals surface area contributed by atoms with Crippen LogP contribution in [0.1, 0.15) is 33.8 Å². The molecule has 0 heterocycles. The zero-order chi connectivity index (χ0) is 18.6. The molecule has 2 aromatic carbocycles. The molecule has 0 amide bonds. The van der Waals surface area contributed by atoms with Crippen LogP contribution in [0.2, 0.25) is 5.02 Å². The predicted octanol–water partition coefficient (Wildman–Crippen LogP) is 4.89. The van der Waals surface area contributed by atoms with E-state index >= 15 is 0 Å². The van der Waals surface area contributed by atoms with Gasteiger partial charge in [-0.1, -0.05) is 35.9 Å². The van der Waals surface area contributed by atoms with Crippen molar-refractivity contribution in [2.45, 2.75) is 18.5 Å². The van der Waals surface area contributed by atoms with Crippen LogP contribution in [0, 0.1) is 0 Å². The maximum absolute atomic E-state index is 12.6. The van der Waals surface area contributed by atoms with E-state index in [1.54, 1.807) is 24.3 Å². The molecule has 0 aliphatic heterocycles. The highest BCUT2D eigenvalue weighted by atomic mass is 35.5. The summed E-state index contributed by atoms with van der Waals surface area (Å²) >= 11 is 5.81. The number of ether oxygens (including phenoxy) is 1. The molecular formula is C18H14ClF3O3. The molecule has 0 radical (unpaired) electrons. The number of Topliss-reactive ketones (excluding diaryl/α,β-unsaturated/α-hetero) is 1. The number of benzene rings is 2. The van der Waals surface area contributed by atoms with Gasteiger partial charge in [-0.2, -0.15) is 13.2 Å². The van der Waals surface area contributed by atoms with E-state index in [2.05, 4.69) is 0 Å². The zero-order valence-corrected chi connectivity index (χ0v) is 13.9. The molecule has 1 unspecified atom stereocenters. The van der Waals surface area contributed by atoms with Crippen LogP contribution in [0.3, 0.4) is 0 Å². The summed E-state index contributed by atoms with van der Waals surface area (Å²) in [5.74, 6) is -1.93. The molecule has 0 aliphatic rings. The summed E-state index contributed by atoms with van der Waals surface area (Å²) in [6, 6.07) is 10.2. The van der Waals surface area contributed by atoms with Crippen molar-refractivity contribution < 1.29 is 27.5 Å². The predicted molar refractivity (Wildman–Crippen MR) is 86.6 cm³/mol. The van der Waals surface area contributed by atoms with Crippen LogP contribution < -0.4 is 0 Å². The summed E-state index contributed by atoms with van der Waals surface area (Å²) in [4.78, 5) is 24.4. The summed E-state index contributed by atoms with van der Waals surface area (Å²) in [6.07, 6.45) is -4.70. The van der Waals surface area contributed by atoms with Crippen molar-refractivity contribution in [1.82, 2.24) is 0 Å². The van der Waals surface area contributed by atoms with Gasteiger partial charge in [0.15, 0.2) is 5.78 Å². The Morgan fingerprint density at radius 1 is 1.04 bits per heavy atom. The van der Waals surface area contributed by atoms with Gasteiger partial charge < -0.3 is 4.74 Å². The standard InChI is InChI=1S/C18H14ClF3O3/c1-25-17(24)15(11-4-8-14(19)9-5-11)10-16(23)12-2-6-13(7-3-12)18(20,21)22/h2-9,15H,10H2,1H3. The first-order valence-corrected chi connectivity index (χ1v) is 7.64. The van der Waals surface area contributed by atoms with Crippen molar-refractivity contribution in [3.05, 3.63) is 70.2 Å². The van der Waals surface area contributed by atoms with Crippen LogP contribution in [0.15, 0.2) is 48.5 Å². The summed E-state index contributed by atoms with van der Waals surface area (Å²) in [7, 11) is 1.20. The Bertz CT molecular complexity index is 753. The van der Waals surface area contributed by atoms with E-state index in [0.29, 0.717) is 10.6 Å². The third-order valence-electron chi connectivity index (χ3n) is 3.68. The van der Waals surface area contributed by atoms with Gasteiger partial charge in [0, 0.05) is 17.0 Å². The number of carbonyl (C=O) groups excluding carboxylic acids is 2. The quantitative estimate of drug-likeness (QED) is 0.556. The number of carbonyl (C=O) groups is 2. The second-order valence-electron chi connectivity index (χ2n) is 5.33. The second-order valence-corrected chi connectivity index (χ2v) is 5.77. The molecule has 0 bridgehead atoms. The van der Waals surface area contributed by atoms with Crippen molar-refractivity contribution in [2.24, 2.45) is 0 Å². The van der Waals surface area contributed by atoms with Crippen molar-refractivity contribution in [1.29, 1.82) is 0 Å². The second kappa shape index (κ2) is 7.70. The molecule has 0 spiro atoms. The number of halogens is 4. The summed E-state index contributed by atoms with van der Waals surface area (Å²) in [5.41, 5.74) is -0.210. The van der Waals surface area contributed by atoms with Crippen LogP contribution in [-0.4, -0.2) is 18.9 Å². The first-order valence-electron chi connectivity index (χ1n) is 7.26. The molecule has 0 N–H and O–H groups in total. The fourth-order valence-electron chi connectivity index (χ4n) is 2.32. The molecule has 2 aromatic rings. The first kappa shape index (κ1) is 19.0. The number of rotatable bonds is 5. The monoisotopic (exact) mass is 370 g/mol. The van der Waals surface area contributed by atoms with Crippen molar-refractivity contribution in [3.8, 4) is 0 Å². The largest absolute Gasteiger partial charge is 0.469 e. The van der Waals surface area contributed by atoms with E-state index in [1.165, 1.54) is 7.11 Å². The maximum Gasteiger partial charge on any atom is 0.416 e. The molecule has 2 rings (SSSR count). The highest BCUT2D eigenvalue weighted by molar-refractivity contribution is 6.30. The molecular weight excluding hydrogens is 357 g/mol. The van der Waals surface area contributed by atoms with Gasteiger partial charge in [-0.15, -0.1) is 0 Å². The van der Waals surface area contributed by atoms with Crippen molar-refractivity contribution in [3.63, 3.8) is 0 Å². The van der Waals surface area contributed by atoms with Crippen LogP contribution in [-0.2, 0) is 15.7 Å². The van der Waals surface area contributed by atoms with Gasteiger partial charge in [-0.3, -0.25) is 9.59 Å². The Kier molecular flexibility index (Phi) is 5.85. The fourth-order valence-corrected chi connectivity index (χ4v) is 2.45. The number of esters is 1. The van der Waals surface area contributed by atoms with Crippen molar-refractivity contribution in [2.75, 3.05) is 7.11 Å². The molecule has 132 valence electrons. The molecule has 0 saturated carbocycles. The smallest absolute Gasteiger partial charge is 0.416 e. The number of alkyl halides is 3. The average Bonchev–Trinajstić information content (AvgIpc) is 2.59. The normalized spacial score (nSPS) is 12.5. The van der Waals surface area contributed by atoms with Crippen LogP contribution in [0.25, 0.3) is 0 Å². The third kappa shape index (κ3) is 4.82. The topological polar surface area (TPSA) is 43.4 Å². The van der Waals surface area contributed by atoms with Gasteiger partial charge in [0.1, 0.15) is 0 Å². The van der Waals surface area contributed by atoms with Gasteiger partial charge in [0.2, 0.25) is 0 Å². The van der Waals surface area contributed by atoms with Gasteiger partial charge in [0.25, 0.3) is 0 Å². The van der Waals surface area contributed by atoms with Crippen molar-refractivity contribution >= 4 is 23.4 Å². The Morgan fingerprint density at radius 3 is 2.08 bits per heavy atom. The molecule has 0 fully saturated rings. The molecule has 3 nitrogen and oxygen atoms in total. The summed E-state index contributed by atoms with van der Waals surface area (Å²) in [6.45, 7) is 0. The molecule has 7 heteroatoms. The Hall–Kier alpha value is -2.34. The lowest BCUT2D eigenvalue weighted by atomic mass is 9.91. The molecule has 0 aromatic heterocycles. The van der Waals surface area contributed by atoms with E-state index < -0.39 is 29.4 Å². The zero-order valence-electron chi connectivity index (χ0n) is 13.1. The molecule has 0 saturated heterocycles. The van der Waals surface area contributed by atoms with Gasteiger partial charge in [-0.05, 0) is 29.8 Å². The minimum absolute atomic E-state index is 0.0934. The average molecular weight is 371 g/mol. The Balaban J connectivity index is 2.22. The summed E-state index contributed by atoms with van der Waals surface area (Å²) < 4.78 is 42.5. The van der Waals surface area contributed by atoms with E-state index in [0.717, 1.165) is 24.3 Å². The van der Waals surface area contributed by atoms with E-state index in [4.69, 9.17) is 16.3 Å². The van der Waals surface area contributed by atoms with E-state index in [1.807, 2.05) is 0 Å². The molecule has 0 aliphatic carbocycles. The van der Waals surface area contributed by atoms with Crippen LogP contribution >= 0.6 is 11.6 Å². The molecule has 25 heavy (non-hydrogen) atoms. The van der Waals surface area contributed by atoms with E-state index in [-0.39, 0.29) is 12.0 Å². The SMILES string of the molecule is COC(=O)C(CC(=O)c1ccc(C(F)(F)F)cc1)c1ccc(Cl)cc1. The lowest BCUT2D eigenvalue weighted by molar-refractivity contribution is -0.142. The summed E-state index contributed by atoms with van der Waals surface area (Å²) in [5, 5.41) is 0.474. The van der Waals surface area contributed by atoms with Gasteiger partial charge in [0.05, 0.1) is 18.6 Å². The molecule has 1 atom stereocenters. The first-order chi connectivity index (χ1) is 11.7. The Labute approximate surface area is 147 Å². The number of methoxy groups -OCH3 is 1. The van der Waals surface area contributed by atoms with Gasteiger partial charge >= 0.3 is 12.1 Å².